The lowest BCUT2D eigenvalue weighted by Crippen LogP contribution is -2.37. The summed E-state index contributed by atoms with van der Waals surface area (Å²) >= 11 is 0. The monoisotopic (exact) mass is 237 g/mol. The quantitative estimate of drug-likeness (QED) is 0.759. The van der Waals surface area contributed by atoms with E-state index in [1.54, 1.807) is 7.11 Å². The number of methoxy groups -OCH3 is 1. The van der Waals surface area contributed by atoms with Gasteiger partial charge in [-0.3, -0.25) is 0 Å². The summed E-state index contributed by atoms with van der Waals surface area (Å²) in [6.07, 6.45) is 0. The fraction of sp³-hybridized carbons (Fsp3) is 0.571. The van der Waals surface area contributed by atoms with Crippen LogP contribution in [-0.4, -0.2) is 31.9 Å². The summed E-state index contributed by atoms with van der Waals surface area (Å²) in [4.78, 5) is 0. The predicted molar refractivity (Wildman–Crippen MR) is 69.9 cm³/mol. The second kappa shape index (κ2) is 6.74. The number of rotatable bonds is 7. The molecule has 0 radical (unpaired) electrons. The summed E-state index contributed by atoms with van der Waals surface area (Å²) in [5, 5.41) is 13.6. The van der Waals surface area contributed by atoms with Crippen molar-refractivity contribution in [2.24, 2.45) is 5.92 Å². The summed E-state index contributed by atoms with van der Waals surface area (Å²) in [6, 6.07) is 9.73. The third kappa shape index (κ3) is 4.86. The molecule has 96 valence electrons. The van der Waals surface area contributed by atoms with Gasteiger partial charge in [0.1, 0.15) is 0 Å². The van der Waals surface area contributed by atoms with E-state index in [2.05, 4.69) is 12.2 Å². The Morgan fingerprint density at radius 2 is 2.00 bits per heavy atom. The van der Waals surface area contributed by atoms with Crippen LogP contribution in [0.25, 0.3) is 0 Å². The second-order valence-corrected chi connectivity index (χ2v) is 4.83. The van der Waals surface area contributed by atoms with Crippen LogP contribution in [0.5, 0.6) is 0 Å². The number of aliphatic hydroxyl groups is 1. The second-order valence-electron chi connectivity index (χ2n) is 4.83. The third-order valence-electron chi connectivity index (χ3n) is 2.81. The average Bonchev–Trinajstić information content (AvgIpc) is 2.30. The highest BCUT2D eigenvalue weighted by molar-refractivity contribution is 5.21. The van der Waals surface area contributed by atoms with Crippen molar-refractivity contribution in [2.75, 3.05) is 26.8 Å². The Morgan fingerprint density at radius 3 is 2.59 bits per heavy atom. The highest BCUT2D eigenvalue weighted by Gasteiger charge is 2.22. The Kier molecular flexibility index (Phi) is 5.62. The first-order chi connectivity index (χ1) is 8.06. The minimum atomic E-state index is -0.825. The molecule has 0 aromatic heterocycles. The van der Waals surface area contributed by atoms with Gasteiger partial charge in [-0.05, 0) is 18.4 Å². The van der Waals surface area contributed by atoms with Gasteiger partial charge in [0, 0.05) is 26.8 Å². The van der Waals surface area contributed by atoms with Gasteiger partial charge in [0.25, 0.3) is 0 Å². The molecule has 0 saturated carbocycles. The lowest BCUT2D eigenvalue weighted by Gasteiger charge is -2.25. The van der Waals surface area contributed by atoms with Crippen molar-refractivity contribution in [1.82, 2.24) is 5.32 Å². The van der Waals surface area contributed by atoms with E-state index >= 15 is 0 Å². The summed E-state index contributed by atoms with van der Waals surface area (Å²) in [7, 11) is 1.70. The van der Waals surface area contributed by atoms with Crippen molar-refractivity contribution in [2.45, 2.75) is 19.4 Å². The normalized spacial score (nSPS) is 16.5. The van der Waals surface area contributed by atoms with Crippen LogP contribution >= 0.6 is 0 Å². The van der Waals surface area contributed by atoms with Crippen molar-refractivity contribution in [3.63, 3.8) is 0 Å². The molecule has 3 nitrogen and oxygen atoms in total. The van der Waals surface area contributed by atoms with Crippen molar-refractivity contribution >= 4 is 0 Å². The maximum atomic E-state index is 10.3. The Hall–Kier alpha value is -0.900. The van der Waals surface area contributed by atoms with Gasteiger partial charge in [0.15, 0.2) is 0 Å². The molecule has 2 N–H and O–H groups in total. The highest BCUT2D eigenvalue weighted by atomic mass is 16.5. The van der Waals surface area contributed by atoms with Gasteiger partial charge in [-0.25, -0.2) is 0 Å². The lowest BCUT2D eigenvalue weighted by molar-refractivity contribution is 0.0546. The SMILES string of the molecule is COCC(C)CNCC(C)(O)c1ccccc1. The Labute approximate surface area is 104 Å². The first-order valence-corrected chi connectivity index (χ1v) is 6.04. The van der Waals surface area contributed by atoms with E-state index < -0.39 is 5.60 Å². The molecule has 17 heavy (non-hydrogen) atoms. The highest BCUT2D eigenvalue weighted by Crippen LogP contribution is 2.18. The molecule has 0 bridgehead atoms. The maximum absolute atomic E-state index is 10.3. The zero-order valence-electron chi connectivity index (χ0n) is 10.9. The van der Waals surface area contributed by atoms with E-state index in [9.17, 15) is 5.11 Å². The van der Waals surface area contributed by atoms with Crippen LogP contribution in [0.3, 0.4) is 0 Å². The summed E-state index contributed by atoms with van der Waals surface area (Å²) in [6.45, 7) is 6.08. The molecule has 0 heterocycles. The molecule has 0 aliphatic rings. The molecule has 0 spiro atoms. The zero-order chi connectivity index (χ0) is 12.7. The first-order valence-electron chi connectivity index (χ1n) is 6.04. The Balaban J connectivity index is 2.40. The van der Waals surface area contributed by atoms with Gasteiger partial charge in [-0.15, -0.1) is 0 Å². The van der Waals surface area contributed by atoms with E-state index in [4.69, 9.17) is 4.74 Å². The predicted octanol–water partition coefficient (Wildman–Crippen LogP) is 1.77. The molecule has 1 aromatic carbocycles. The summed E-state index contributed by atoms with van der Waals surface area (Å²) in [5.41, 5.74) is 0.112. The summed E-state index contributed by atoms with van der Waals surface area (Å²) < 4.78 is 5.07. The van der Waals surface area contributed by atoms with Crippen LogP contribution in [0.4, 0.5) is 0 Å². The Morgan fingerprint density at radius 1 is 1.35 bits per heavy atom. The fourth-order valence-corrected chi connectivity index (χ4v) is 1.80. The molecule has 0 amide bonds. The van der Waals surface area contributed by atoms with Crippen molar-refractivity contribution in [3.05, 3.63) is 35.9 Å². The minimum absolute atomic E-state index is 0.451. The molecule has 0 saturated heterocycles. The van der Waals surface area contributed by atoms with Crippen LogP contribution in [0.2, 0.25) is 0 Å². The van der Waals surface area contributed by atoms with Gasteiger partial charge in [0.2, 0.25) is 0 Å². The number of nitrogens with one attached hydrogen (secondary N) is 1. The lowest BCUT2D eigenvalue weighted by atomic mass is 9.96. The molecule has 2 atom stereocenters. The molecule has 1 aromatic rings. The molecule has 0 fully saturated rings. The zero-order valence-corrected chi connectivity index (χ0v) is 10.9. The van der Waals surface area contributed by atoms with Crippen LogP contribution in [0.1, 0.15) is 19.4 Å². The maximum Gasteiger partial charge on any atom is 0.0992 e. The van der Waals surface area contributed by atoms with E-state index in [1.165, 1.54) is 0 Å². The van der Waals surface area contributed by atoms with Crippen molar-refractivity contribution in [1.29, 1.82) is 0 Å². The van der Waals surface area contributed by atoms with Crippen LogP contribution < -0.4 is 5.32 Å². The van der Waals surface area contributed by atoms with E-state index in [-0.39, 0.29) is 0 Å². The smallest absolute Gasteiger partial charge is 0.0992 e. The van der Waals surface area contributed by atoms with Crippen LogP contribution in [-0.2, 0) is 10.3 Å². The largest absolute Gasteiger partial charge is 0.384 e. The number of hydrogen-bond donors (Lipinski definition) is 2. The standard InChI is InChI=1S/C14H23NO2/c1-12(10-17-3)9-15-11-14(2,16)13-7-5-4-6-8-13/h4-8,12,15-16H,9-11H2,1-3H3. The van der Waals surface area contributed by atoms with Crippen molar-refractivity contribution < 1.29 is 9.84 Å². The molecule has 0 aliphatic carbocycles. The van der Waals surface area contributed by atoms with Crippen molar-refractivity contribution in [3.8, 4) is 0 Å². The first kappa shape index (κ1) is 14.2. The Bertz CT molecular complexity index is 311. The van der Waals surface area contributed by atoms with Crippen LogP contribution in [0, 0.1) is 5.92 Å². The molecule has 3 heteroatoms. The van der Waals surface area contributed by atoms with Gasteiger partial charge >= 0.3 is 0 Å². The van der Waals surface area contributed by atoms with Gasteiger partial charge < -0.3 is 15.2 Å². The average molecular weight is 237 g/mol. The molecule has 2 unspecified atom stereocenters. The molecular weight excluding hydrogens is 214 g/mol. The topological polar surface area (TPSA) is 41.5 Å². The van der Waals surface area contributed by atoms with E-state index in [1.807, 2.05) is 37.3 Å². The van der Waals surface area contributed by atoms with Gasteiger partial charge in [0.05, 0.1) is 5.60 Å². The van der Waals surface area contributed by atoms with E-state index in [0.29, 0.717) is 12.5 Å². The number of hydrogen-bond acceptors (Lipinski definition) is 3. The molecule has 0 aliphatic heterocycles. The summed E-state index contributed by atoms with van der Waals surface area (Å²) in [5.74, 6) is 0.451. The minimum Gasteiger partial charge on any atom is -0.384 e. The fourth-order valence-electron chi connectivity index (χ4n) is 1.80. The number of ether oxygens (including phenoxy) is 1. The third-order valence-corrected chi connectivity index (χ3v) is 2.81. The van der Waals surface area contributed by atoms with Crippen LogP contribution in [0.15, 0.2) is 30.3 Å². The molecular formula is C14H23NO2. The van der Waals surface area contributed by atoms with Gasteiger partial charge in [-0.2, -0.15) is 0 Å². The number of benzene rings is 1. The van der Waals surface area contributed by atoms with E-state index in [0.717, 1.165) is 18.7 Å². The van der Waals surface area contributed by atoms with Gasteiger partial charge in [-0.1, -0.05) is 37.3 Å². The molecule has 1 rings (SSSR count).